The van der Waals surface area contributed by atoms with Crippen molar-refractivity contribution in [1.82, 2.24) is 9.97 Å². The number of hydrogen-bond acceptors (Lipinski definition) is 4. The van der Waals surface area contributed by atoms with Gasteiger partial charge >= 0.3 is 0 Å². The smallest absolute Gasteiger partial charge is 0.227 e. The lowest BCUT2D eigenvalue weighted by Gasteiger charge is -2.06. The first-order valence-corrected chi connectivity index (χ1v) is 12.0. The van der Waals surface area contributed by atoms with Crippen LogP contribution in [0.3, 0.4) is 0 Å². The third kappa shape index (κ3) is 4.02. The van der Waals surface area contributed by atoms with Crippen molar-refractivity contribution in [1.29, 1.82) is 0 Å². The van der Waals surface area contributed by atoms with E-state index in [1.54, 1.807) is 24.3 Å². The largest absolute Gasteiger partial charge is 0.436 e. The Morgan fingerprint density at radius 3 is 1.26 bits per heavy atom. The van der Waals surface area contributed by atoms with Gasteiger partial charge in [-0.25, -0.2) is 18.7 Å². The minimum Gasteiger partial charge on any atom is -0.436 e. The minimum absolute atomic E-state index is 0.303. The molecule has 0 amide bonds. The summed E-state index contributed by atoms with van der Waals surface area (Å²) < 4.78 is 38.6. The summed E-state index contributed by atoms with van der Waals surface area (Å²) in [7, 11) is 0. The summed E-state index contributed by atoms with van der Waals surface area (Å²) in [5.74, 6) is 0.295. The number of oxazole rings is 2. The molecule has 0 aliphatic heterocycles. The van der Waals surface area contributed by atoms with Gasteiger partial charge in [0.05, 0.1) is 0 Å². The maximum atomic E-state index is 13.3. The van der Waals surface area contributed by atoms with E-state index < -0.39 is 0 Å². The number of fused-ring (bicyclic) bond motifs is 2. The molecule has 0 saturated carbocycles. The average Bonchev–Trinajstić information content (AvgIpc) is 3.57. The minimum atomic E-state index is -0.303. The normalized spacial score (nSPS) is 11.4. The summed E-state index contributed by atoms with van der Waals surface area (Å²) >= 11 is 0. The summed E-state index contributed by atoms with van der Waals surface area (Å²) in [5.41, 5.74) is 8.23. The van der Waals surface area contributed by atoms with Crippen LogP contribution in [-0.2, 0) is 0 Å². The fraction of sp³-hybridized carbons (Fsp3) is 0. The van der Waals surface area contributed by atoms with E-state index in [1.807, 2.05) is 54.6 Å². The number of rotatable bonds is 4. The van der Waals surface area contributed by atoms with E-state index in [0.717, 1.165) is 44.4 Å². The zero-order valence-corrected chi connectivity index (χ0v) is 19.9. The molecule has 182 valence electrons. The average molecular weight is 501 g/mol. The molecule has 0 bridgehead atoms. The Bertz CT molecular complexity index is 1800. The molecule has 7 aromatic rings. The monoisotopic (exact) mass is 500 g/mol. The van der Waals surface area contributed by atoms with E-state index in [9.17, 15) is 8.78 Å². The van der Waals surface area contributed by atoms with Gasteiger partial charge in [-0.2, -0.15) is 0 Å². The molecule has 0 fully saturated rings. The highest BCUT2D eigenvalue weighted by Gasteiger charge is 2.12. The number of nitrogens with zero attached hydrogens (tertiary/aromatic N) is 2. The van der Waals surface area contributed by atoms with E-state index >= 15 is 0 Å². The third-order valence-electron chi connectivity index (χ3n) is 6.49. The van der Waals surface area contributed by atoms with E-state index in [2.05, 4.69) is 16.0 Å². The summed E-state index contributed by atoms with van der Waals surface area (Å²) in [4.78, 5) is 9.09. The van der Waals surface area contributed by atoms with Crippen molar-refractivity contribution in [2.45, 2.75) is 0 Å². The molecule has 7 rings (SSSR count). The molecule has 4 nitrogen and oxygen atoms in total. The second-order valence-electron chi connectivity index (χ2n) is 9.00. The van der Waals surface area contributed by atoms with E-state index in [4.69, 9.17) is 8.83 Å². The molecular weight excluding hydrogens is 482 g/mol. The van der Waals surface area contributed by atoms with Gasteiger partial charge in [0.25, 0.3) is 0 Å². The van der Waals surface area contributed by atoms with Gasteiger partial charge in [0.2, 0.25) is 11.8 Å². The first kappa shape index (κ1) is 22.1. The Morgan fingerprint density at radius 1 is 0.421 bits per heavy atom. The molecule has 0 aliphatic carbocycles. The molecule has 0 saturated heterocycles. The highest BCUT2D eigenvalue weighted by Crippen LogP contribution is 2.33. The van der Waals surface area contributed by atoms with E-state index in [0.29, 0.717) is 22.9 Å². The fourth-order valence-electron chi connectivity index (χ4n) is 4.52. The predicted octanol–water partition coefficient (Wildman–Crippen LogP) is 8.92. The maximum absolute atomic E-state index is 13.3. The lowest BCUT2D eigenvalue weighted by atomic mass is 9.99. The van der Waals surface area contributed by atoms with Gasteiger partial charge in [-0.3, -0.25) is 0 Å². The molecule has 0 aliphatic rings. The summed E-state index contributed by atoms with van der Waals surface area (Å²) in [5, 5.41) is 0. The van der Waals surface area contributed by atoms with Crippen molar-refractivity contribution in [2.75, 3.05) is 0 Å². The van der Waals surface area contributed by atoms with Crippen molar-refractivity contribution in [3.63, 3.8) is 0 Å². The molecule has 0 atom stereocenters. The van der Waals surface area contributed by atoms with Crippen LogP contribution in [-0.4, -0.2) is 9.97 Å². The molecule has 0 N–H and O–H groups in total. The number of aromatic nitrogens is 2. The molecule has 5 aromatic carbocycles. The van der Waals surface area contributed by atoms with Gasteiger partial charge in [0, 0.05) is 11.1 Å². The number of hydrogen-bond donors (Lipinski definition) is 0. The van der Waals surface area contributed by atoms with E-state index in [-0.39, 0.29) is 11.6 Å². The zero-order valence-electron chi connectivity index (χ0n) is 19.9. The van der Waals surface area contributed by atoms with Crippen molar-refractivity contribution in [3.8, 4) is 45.2 Å². The van der Waals surface area contributed by atoms with Gasteiger partial charge in [-0.05, 0) is 101 Å². The first-order chi connectivity index (χ1) is 18.6. The highest BCUT2D eigenvalue weighted by molar-refractivity contribution is 5.86. The molecule has 0 spiro atoms. The quantitative estimate of drug-likeness (QED) is 0.242. The molecule has 2 heterocycles. The van der Waals surface area contributed by atoms with Crippen LogP contribution in [0.25, 0.3) is 67.4 Å². The second kappa shape index (κ2) is 8.78. The summed E-state index contributed by atoms with van der Waals surface area (Å²) in [6, 6.07) is 32.1. The van der Waals surface area contributed by atoms with E-state index in [1.165, 1.54) is 24.3 Å². The molecule has 0 radical (unpaired) electrons. The van der Waals surface area contributed by atoms with Crippen molar-refractivity contribution in [3.05, 3.63) is 121 Å². The summed E-state index contributed by atoms with van der Waals surface area (Å²) in [6.07, 6.45) is 0. The molecular formula is C32H18F2N2O2. The van der Waals surface area contributed by atoms with Crippen LogP contribution in [0, 0.1) is 11.6 Å². The van der Waals surface area contributed by atoms with Crippen molar-refractivity contribution < 1.29 is 17.6 Å². The molecule has 38 heavy (non-hydrogen) atoms. The third-order valence-corrected chi connectivity index (χ3v) is 6.49. The Balaban J connectivity index is 1.22. The molecule has 2 aromatic heterocycles. The van der Waals surface area contributed by atoms with Crippen LogP contribution in [0.4, 0.5) is 8.78 Å². The van der Waals surface area contributed by atoms with Crippen molar-refractivity contribution in [2.24, 2.45) is 0 Å². The van der Waals surface area contributed by atoms with Crippen LogP contribution < -0.4 is 0 Å². The zero-order chi connectivity index (χ0) is 25.6. The SMILES string of the molecule is Fc1ccc(-c2nc3ccc(-c4cccc(-c5ccc6nc(-c7ccc(F)cc7)oc6c5)c4)cc3o2)cc1. The maximum Gasteiger partial charge on any atom is 0.227 e. The Hall–Kier alpha value is -5.10. The Kier molecular flexibility index (Phi) is 5.11. The topological polar surface area (TPSA) is 52.1 Å². The van der Waals surface area contributed by atoms with Crippen molar-refractivity contribution >= 4 is 22.2 Å². The number of benzene rings is 5. The van der Waals surface area contributed by atoms with Crippen LogP contribution in [0.15, 0.2) is 118 Å². The lowest BCUT2D eigenvalue weighted by Crippen LogP contribution is -1.82. The van der Waals surface area contributed by atoms with Crippen LogP contribution in [0.1, 0.15) is 0 Å². The van der Waals surface area contributed by atoms with Crippen LogP contribution in [0.2, 0.25) is 0 Å². The van der Waals surface area contributed by atoms with Gasteiger partial charge in [-0.1, -0.05) is 30.3 Å². The second-order valence-corrected chi connectivity index (χ2v) is 9.00. The van der Waals surface area contributed by atoms with Gasteiger partial charge in [0.15, 0.2) is 11.2 Å². The lowest BCUT2D eigenvalue weighted by molar-refractivity contribution is 0.615. The predicted molar refractivity (Wildman–Crippen MR) is 143 cm³/mol. The standard InChI is InChI=1S/C32H18F2N2O2/c33-25-10-4-19(5-11-25)31-35-27-14-8-23(17-29(27)37-31)21-2-1-3-22(16-21)24-9-15-28-30(18-24)38-32(36-28)20-6-12-26(34)13-7-20/h1-18H. The van der Waals surface area contributed by atoms with Crippen LogP contribution in [0.5, 0.6) is 0 Å². The first-order valence-electron chi connectivity index (χ1n) is 12.0. The fourth-order valence-corrected chi connectivity index (χ4v) is 4.52. The highest BCUT2D eigenvalue weighted by atomic mass is 19.1. The molecule has 0 unspecified atom stereocenters. The number of halogens is 2. The van der Waals surface area contributed by atoms with Gasteiger partial charge in [0.1, 0.15) is 22.7 Å². The Morgan fingerprint density at radius 2 is 0.816 bits per heavy atom. The van der Waals surface area contributed by atoms with Gasteiger partial charge in [-0.15, -0.1) is 0 Å². The molecule has 6 heteroatoms. The summed E-state index contributed by atoms with van der Waals surface area (Å²) in [6.45, 7) is 0. The van der Waals surface area contributed by atoms with Gasteiger partial charge < -0.3 is 8.83 Å². The Labute approximate surface area is 215 Å². The van der Waals surface area contributed by atoms with Crippen LogP contribution >= 0.6 is 0 Å².